The molecule has 0 atom stereocenters. The number of rotatable bonds is 4. The van der Waals surface area contributed by atoms with Crippen molar-refractivity contribution in [2.45, 2.75) is 25.7 Å². The highest BCUT2D eigenvalue weighted by atomic mass is 16.1. The van der Waals surface area contributed by atoms with Crippen molar-refractivity contribution in [3.8, 4) is 11.3 Å². The van der Waals surface area contributed by atoms with E-state index in [1.165, 1.54) is 12.0 Å². The van der Waals surface area contributed by atoms with Gasteiger partial charge in [-0.15, -0.1) is 0 Å². The number of aromatic nitrogens is 4. The zero-order chi connectivity index (χ0) is 18.2. The number of anilines is 2. The Balaban J connectivity index is 1.51. The van der Waals surface area contributed by atoms with Gasteiger partial charge in [0.15, 0.2) is 0 Å². The average molecular weight is 360 g/mol. The fraction of sp³-hybridized carbons (Fsp3) is 0.300. The van der Waals surface area contributed by atoms with Crippen molar-refractivity contribution in [3.05, 3.63) is 53.5 Å². The van der Waals surface area contributed by atoms with Crippen LogP contribution in [-0.4, -0.2) is 39.2 Å². The van der Waals surface area contributed by atoms with E-state index < -0.39 is 0 Å². The average Bonchev–Trinajstić information content (AvgIpc) is 3.31. The number of aryl methyl sites for hydroxylation is 1. The Morgan fingerprint density at radius 2 is 2.07 bits per heavy atom. The van der Waals surface area contributed by atoms with Gasteiger partial charge < -0.3 is 10.2 Å². The summed E-state index contributed by atoms with van der Waals surface area (Å²) < 4.78 is 0. The van der Waals surface area contributed by atoms with Crippen LogP contribution in [0, 0.1) is 0 Å². The molecule has 7 heteroatoms. The maximum Gasteiger partial charge on any atom is 0.255 e. The second-order valence-corrected chi connectivity index (χ2v) is 7.01. The van der Waals surface area contributed by atoms with Crippen molar-refractivity contribution in [1.82, 2.24) is 20.2 Å². The lowest BCUT2D eigenvalue weighted by molar-refractivity contribution is 0.102. The molecule has 2 aromatic heterocycles. The van der Waals surface area contributed by atoms with E-state index in [1.54, 1.807) is 12.4 Å². The number of carbonyl (C=O) groups is 1. The van der Waals surface area contributed by atoms with Gasteiger partial charge in [-0.05, 0) is 37.8 Å². The van der Waals surface area contributed by atoms with E-state index in [2.05, 4.69) is 20.4 Å². The minimum absolute atomic E-state index is 0.160. The van der Waals surface area contributed by atoms with Crippen molar-refractivity contribution in [2.75, 3.05) is 23.3 Å². The van der Waals surface area contributed by atoms with E-state index in [9.17, 15) is 4.79 Å². The highest BCUT2D eigenvalue weighted by Gasteiger charge is 2.25. The Kier molecular flexibility index (Phi) is 3.85. The lowest BCUT2D eigenvalue weighted by Gasteiger charge is -2.31. The molecule has 7 nitrogen and oxygen atoms in total. The van der Waals surface area contributed by atoms with Gasteiger partial charge in [0.2, 0.25) is 5.95 Å². The first-order chi connectivity index (χ1) is 13.3. The SMILES string of the molecule is O=C(Nc1cn[nH]c1)c1cccc(-c2nc(N3CCC3)nc3c2CCC3)c1. The summed E-state index contributed by atoms with van der Waals surface area (Å²) in [5, 5.41) is 9.39. The monoisotopic (exact) mass is 360 g/mol. The predicted molar refractivity (Wildman–Crippen MR) is 103 cm³/mol. The molecule has 1 aliphatic carbocycles. The van der Waals surface area contributed by atoms with E-state index in [0.29, 0.717) is 11.3 Å². The molecule has 1 amide bonds. The van der Waals surface area contributed by atoms with Crippen molar-refractivity contribution >= 4 is 17.5 Å². The van der Waals surface area contributed by atoms with Crippen LogP contribution in [0.25, 0.3) is 11.3 Å². The van der Waals surface area contributed by atoms with Crippen molar-refractivity contribution in [3.63, 3.8) is 0 Å². The summed E-state index contributed by atoms with van der Waals surface area (Å²) in [6.45, 7) is 2.04. The number of hydrogen-bond donors (Lipinski definition) is 2. The lowest BCUT2D eigenvalue weighted by atomic mass is 10.0. The zero-order valence-electron chi connectivity index (χ0n) is 14.9. The van der Waals surface area contributed by atoms with Crippen LogP contribution in [0.3, 0.4) is 0 Å². The molecule has 3 heterocycles. The maximum absolute atomic E-state index is 12.6. The van der Waals surface area contributed by atoms with Gasteiger partial charge in [0, 0.05) is 41.7 Å². The van der Waals surface area contributed by atoms with Crippen molar-refractivity contribution in [1.29, 1.82) is 0 Å². The van der Waals surface area contributed by atoms with Gasteiger partial charge in [0.05, 0.1) is 17.6 Å². The number of hydrogen-bond acceptors (Lipinski definition) is 5. The minimum atomic E-state index is -0.160. The van der Waals surface area contributed by atoms with Crippen LogP contribution < -0.4 is 10.2 Å². The molecule has 0 unspecified atom stereocenters. The molecule has 1 aliphatic heterocycles. The van der Waals surface area contributed by atoms with Crippen molar-refractivity contribution in [2.24, 2.45) is 0 Å². The quantitative estimate of drug-likeness (QED) is 0.747. The van der Waals surface area contributed by atoms with Gasteiger partial charge in [0.25, 0.3) is 5.91 Å². The largest absolute Gasteiger partial charge is 0.341 e. The molecule has 27 heavy (non-hydrogen) atoms. The topological polar surface area (TPSA) is 86.8 Å². The first-order valence-corrected chi connectivity index (χ1v) is 9.33. The van der Waals surface area contributed by atoms with Gasteiger partial charge in [-0.3, -0.25) is 9.89 Å². The Morgan fingerprint density at radius 1 is 1.15 bits per heavy atom. The molecule has 0 radical (unpaired) electrons. The van der Waals surface area contributed by atoms with Crippen LogP contribution in [0.15, 0.2) is 36.7 Å². The van der Waals surface area contributed by atoms with Gasteiger partial charge in [-0.25, -0.2) is 9.97 Å². The molecule has 2 N–H and O–H groups in total. The molecule has 1 fully saturated rings. The Labute approximate surface area is 156 Å². The van der Waals surface area contributed by atoms with Crippen LogP contribution >= 0.6 is 0 Å². The molecule has 1 aromatic carbocycles. The normalized spacial score (nSPS) is 15.3. The molecule has 0 saturated carbocycles. The fourth-order valence-electron chi connectivity index (χ4n) is 3.65. The third kappa shape index (κ3) is 2.95. The standard InChI is InChI=1S/C20H20N6O/c27-19(23-15-11-21-22-12-15)14-5-1-4-13(10-14)18-16-6-2-7-17(16)24-20(25-18)26-8-3-9-26/h1,4-5,10-12H,2-3,6-9H2,(H,21,22)(H,23,27). The molecule has 3 aromatic rings. The van der Waals surface area contributed by atoms with Gasteiger partial charge in [0.1, 0.15) is 0 Å². The summed E-state index contributed by atoms with van der Waals surface area (Å²) >= 11 is 0. The molecule has 5 rings (SSSR count). The Hall–Kier alpha value is -3.22. The highest BCUT2D eigenvalue weighted by molar-refractivity contribution is 6.04. The molecule has 2 aliphatic rings. The van der Waals surface area contributed by atoms with Crippen molar-refractivity contribution < 1.29 is 4.79 Å². The predicted octanol–water partition coefficient (Wildman–Crippen LogP) is 2.82. The smallest absolute Gasteiger partial charge is 0.255 e. The maximum atomic E-state index is 12.6. The lowest BCUT2D eigenvalue weighted by Crippen LogP contribution is -2.38. The third-order valence-corrected chi connectivity index (χ3v) is 5.21. The molecule has 1 saturated heterocycles. The van der Waals surface area contributed by atoms with E-state index >= 15 is 0 Å². The highest BCUT2D eigenvalue weighted by Crippen LogP contribution is 2.33. The second kappa shape index (κ2) is 6.50. The zero-order valence-corrected chi connectivity index (χ0v) is 14.9. The van der Waals surface area contributed by atoms with Gasteiger partial charge in [-0.2, -0.15) is 5.10 Å². The first-order valence-electron chi connectivity index (χ1n) is 9.33. The summed E-state index contributed by atoms with van der Waals surface area (Å²) in [6.07, 6.45) is 7.54. The molecule has 0 spiro atoms. The Morgan fingerprint density at radius 3 is 2.85 bits per heavy atom. The first kappa shape index (κ1) is 16.0. The number of benzene rings is 1. The molecular formula is C20H20N6O. The van der Waals surface area contributed by atoms with E-state index in [1.807, 2.05) is 24.3 Å². The van der Waals surface area contributed by atoms with E-state index in [-0.39, 0.29) is 5.91 Å². The van der Waals surface area contributed by atoms with Crippen LogP contribution in [0.2, 0.25) is 0 Å². The summed E-state index contributed by atoms with van der Waals surface area (Å²) in [7, 11) is 0. The van der Waals surface area contributed by atoms with E-state index in [0.717, 1.165) is 55.3 Å². The van der Waals surface area contributed by atoms with Crippen LogP contribution in [-0.2, 0) is 12.8 Å². The molecule has 0 bridgehead atoms. The number of H-pyrrole nitrogens is 1. The fourth-order valence-corrected chi connectivity index (χ4v) is 3.65. The van der Waals surface area contributed by atoms with Crippen LogP contribution in [0.1, 0.15) is 34.5 Å². The number of fused-ring (bicyclic) bond motifs is 1. The minimum Gasteiger partial charge on any atom is -0.341 e. The summed E-state index contributed by atoms with van der Waals surface area (Å²) in [6, 6.07) is 7.66. The number of aromatic amines is 1. The Bertz CT molecular complexity index is 994. The summed E-state index contributed by atoms with van der Waals surface area (Å²) in [5.74, 6) is 0.664. The van der Waals surface area contributed by atoms with Crippen LogP contribution in [0.4, 0.5) is 11.6 Å². The molecule has 136 valence electrons. The van der Waals surface area contributed by atoms with Gasteiger partial charge >= 0.3 is 0 Å². The number of amides is 1. The number of nitrogens with zero attached hydrogens (tertiary/aromatic N) is 4. The third-order valence-electron chi connectivity index (χ3n) is 5.21. The number of carbonyl (C=O) groups excluding carboxylic acids is 1. The molecular weight excluding hydrogens is 340 g/mol. The summed E-state index contributed by atoms with van der Waals surface area (Å²) in [5.41, 5.74) is 5.58. The number of nitrogens with one attached hydrogen (secondary N) is 2. The second-order valence-electron chi connectivity index (χ2n) is 7.01. The van der Waals surface area contributed by atoms with Crippen LogP contribution in [0.5, 0.6) is 0 Å². The van der Waals surface area contributed by atoms with Gasteiger partial charge in [-0.1, -0.05) is 12.1 Å². The summed E-state index contributed by atoms with van der Waals surface area (Å²) in [4.78, 5) is 24.5. The van der Waals surface area contributed by atoms with E-state index in [4.69, 9.17) is 9.97 Å².